The van der Waals surface area contributed by atoms with E-state index in [1.54, 1.807) is 0 Å². The number of unbranched alkanes of at least 4 members (excludes halogenated alkanes) is 3. The van der Waals surface area contributed by atoms with E-state index in [0.717, 1.165) is 37.8 Å². The van der Waals surface area contributed by atoms with E-state index in [2.05, 4.69) is 6.92 Å². The van der Waals surface area contributed by atoms with Crippen LogP contribution < -0.4 is 4.74 Å². The van der Waals surface area contributed by atoms with Gasteiger partial charge >= 0.3 is 0 Å². The Labute approximate surface area is 111 Å². The summed E-state index contributed by atoms with van der Waals surface area (Å²) in [6, 6.07) is 3.29. The van der Waals surface area contributed by atoms with Crippen LogP contribution in [-0.2, 0) is 9.05 Å². The van der Waals surface area contributed by atoms with Crippen LogP contribution in [0.2, 0.25) is 0 Å². The van der Waals surface area contributed by atoms with Gasteiger partial charge in [0, 0.05) is 10.7 Å². The van der Waals surface area contributed by atoms with E-state index in [9.17, 15) is 12.8 Å². The molecule has 0 aliphatic carbocycles. The molecular formula is C12H16ClFO3S. The average molecular weight is 295 g/mol. The van der Waals surface area contributed by atoms with E-state index in [1.165, 1.54) is 6.07 Å². The zero-order valence-corrected chi connectivity index (χ0v) is 11.7. The molecule has 0 spiro atoms. The van der Waals surface area contributed by atoms with E-state index in [4.69, 9.17) is 15.4 Å². The first-order valence-corrected chi connectivity index (χ1v) is 8.13. The molecule has 1 aromatic carbocycles. The first-order valence-electron chi connectivity index (χ1n) is 5.82. The number of hydrogen-bond acceptors (Lipinski definition) is 3. The normalized spacial score (nSPS) is 11.5. The third kappa shape index (κ3) is 4.82. The lowest BCUT2D eigenvalue weighted by Gasteiger charge is -2.09. The molecule has 0 bridgehead atoms. The van der Waals surface area contributed by atoms with Gasteiger partial charge in [-0.3, -0.25) is 0 Å². The molecule has 0 unspecified atom stereocenters. The number of halogens is 2. The molecule has 0 N–H and O–H groups in total. The van der Waals surface area contributed by atoms with Gasteiger partial charge in [-0.2, -0.15) is 0 Å². The maximum absolute atomic E-state index is 13.0. The number of rotatable bonds is 7. The molecule has 0 heterocycles. The first-order chi connectivity index (χ1) is 8.45. The Hall–Kier alpha value is -0.810. The average Bonchev–Trinajstić information content (AvgIpc) is 2.29. The SMILES string of the molecule is CCCCCCOc1ccc(F)cc1S(=O)(=O)Cl. The maximum atomic E-state index is 13.0. The zero-order valence-electron chi connectivity index (χ0n) is 10.2. The van der Waals surface area contributed by atoms with Gasteiger partial charge in [0.1, 0.15) is 16.5 Å². The van der Waals surface area contributed by atoms with Gasteiger partial charge in [-0.05, 0) is 24.6 Å². The Morgan fingerprint density at radius 3 is 2.61 bits per heavy atom. The summed E-state index contributed by atoms with van der Waals surface area (Å²) in [5.74, 6) is -0.560. The summed E-state index contributed by atoms with van der Waals surface area (Å²) < 4.78 is 40.8. The van der Waals surface area contributed by atoms with Gasteiger partial charge in [0.15, 0.2) is 0 Å². The van der Waals surface area contributed by atoms with Crippen molar-refractivity contribution in [3.8, 4) is 5.75 Å². The van der Waals surface area contributed by atoms with Crippen LogP contribution in [0.1, 0.15) is 32.6 Å². The number of hydrogen-bond donors (Lipinski definition) is 0. The smallest absolute Gasteiger partial charge is 0.265 e. The van der Waals surface area contributed by atoms with E-state index in [1.807, 2.05) is 0 Å². The number of benzene rings is 1. The topological polar surface area (TPSA) is 43.4 Å². The van der Waals surface area contributed by atoms with Crippen LogP contribution in [0.4, 0.5) is 4.39 Å². The van der Waals surface area contributed by atoms with E-state index < -0.39 is 14.9 Å². The van der Waals surface area contributed by atoms with Crippen LogP contribution in [0, 0.1) is 5.82 Å². The lowest BCUT2D eigenvalue weighted by molar-refractivity contribution is 0.297. The molecule has 0 amide bonds. The van der Waals surface area contributed by atoms with Crippen LogP contribution >= 0.6 is 10.7 Å². The Bertz CT molecular complexity index is 488. The van der Waals surface area contributed by atoms with Gasteiger partial charge in [0.05, 0.1) is 6.61 Å². The molecule has 18 heavy (non-hydrogen) atoms. The molecular weight excluding hydrogens is 279 g/mol. The fourth-order valence-electron chi connectivity index (χ4n) is 1.50. The molecule has 0 aliphatic heterocycles. The molecule has 1 aromatic rings. The lowest BCUT2D eigenvalue weighted by atomic mass is 10.2. The predicted octanol–water partition coefficient (Wildman–Crippen LogP) is 3.71. The maximum Gasteiger partial charge on any atom is 0.265 e. The monoisotopic (exact) mass is 294 g/mol. The van der Waals surface area contributed by atoms with Crippen molar-refractivity contribution >= 4 is 19.7 Å². The van der Waals surface area contributed by atoms with Crippen molar-refractivity contribution in [2.75, 3.05) is 6.61 Å². The van der Waals surface area contributed by atoms with Crippen LogP contribution in [0.15, 0.2) is 23.1 Å². The minimum Gasteiger partial charge on any atom is -0.492 e. The lowest BCUT2D eigenvalue weighted by Crippen LogP contribution is -2.02. The van der Waals surface area contributed by atoms with Gasteiger partial charge in [0.25, 0.3) is 9.05 Å². The molecule has 0 saturated carbocycles. The third-order valence-electron chi connectivity index (χ3n) is 2.42. The van der Waals surface area contributed by atoms with Gasteiger partial charge < -0.3 is 4.74 Å². The molecule has 6 heteroatoms. The van der Waals surface area contributed by atoms with Crippen molar-refractivity contribution in [1.29, 1.82) is 0 Å². The second-order valence-electron chi connectivity index (χ2n) is 3.94. The van der Waals surface area contributed by atoms with Crippen molar-refractivity contribution in [2.24, 2.45) is 0 Å². The summed E-state index contributed by atoms with van der Waals surface area (Å²) >= 11 is 0. The van der Waals surface area contributed by atoms with Gasteiger partial charge in [0.2, 0.25) is 0 Å². The van der Waals surface area contributed by atoms with E-state index >= 15 is 0 Å². The fourth-order valence-corrected chi connectivity index (χ4v) is 2.49. The Kier molecular flexibility index (Phi) is 5.88. The van der Waals surface area contributed by atoms with Crippen molar-refractivity contribution in [3.63, 3.8) is 0 Å². The van der Waals surface area contributed by atoms with E-state index in [-0.39, 0.29) is 10.6 Å². The standard InChI is InChI=1S/C12H16ClFO3S/c1-2-3-4-5-8-17-11-7-6-10(14)9-12(11)18(13,15)16/h6-7,9H,2-5,8H2,1H3. The summed E-state index contributed by atoms with van der Waals surface area (Å²) in [4.78, 5) is -0.320. The van der Waals surface area contributed by atoms with Crippen LogP contribution in [0.25, 0.3) is 0 Å². The highest BCUT2D eigenvalue weighted by Gasteiger charge is 2.17. The Morgan fingerprint density at radius 2 is 2.00 bits per heavy atom. The third-order valence-corrected chi connectivity index (χ3v) is 3.77. The summed E-state index contributed by atoms with van der Waals surface area (Å²) in [6.45, 7) is 2.49. The van der Waals surface area contributed by atoms with Crippen molar-refractivity contribution in [3.05, 3.63) is 24.0 Å². The summed E-state index contributed by atoms with van der Waals surface area (Å²) in [6.07, 6.45) is 4.05. The van der Waals surface area contributed by atoms with Crippen molar-refractivity contribution < 1.29 is 17.5 Å². The second kappa shape index (κ2) is 6.95. The predicted molar refractivity (Wildman–Crippen MR) is 69.1 cm³/mol. The summed E-state index contributed by atoms with van der Waals surface area (Å²) in [5.41, 5.74) is 0. The fraction of sp³-hybridized carbons (Fsp3) is 0.500. The van der Waals surface area contributed by atoms with Crippen molar-refractivity contribution in [2.45, 2.75) is 37.5 Å². The van der Waals surface area contributed by atoms with Gasteiger partial charge in [-0.15, -0.1) is 0 Å². The molecule has 0 saturated heterocycles. The van der Waals surface area contributed by atoms with Crippen LogP contribution in [-0.4, -0.2) is 15.0 Å². The highest BCUT2D eigenvalue weighted by molar-refractivity contribution is 8.13. The Morgan fingerprint density at radius 1 is 1.28 bits per heavy atom. The van der Waals surface area contributed by atoms with Crippen LogP contribution in [0.3, 0.4) is 0 Å². The Balaban J connectivity index is 2.71. The quantitative estimate of drug-likeness (QED) is 0.569. The molecule has 3 nitrogen and oxygen atoms in total. The molecule has 1 rings (SSSR count). The molecule has 0 radical (unpaired) electrons. The largest absolute Gasteiger partial charge is 0.492 e. The first kappa shape index (κ1) is 15.2. The molecule has 0 aromatic heterocycles. The molecule has 0 aliphatic rings. The second-order valence-corrected chi connectivity index (χ2v) is 6.47. The molecule has 0 atom stereocenters. The number of ether oxygens (including phenoxy) is 1. The zero-order chi connectivity index (χ0) is 13.6. The van der Waals surface area contributed by atoms with Gasteiger partial charge in [-0.25, -0.2) is 12.8 Å². The minimum atomic E-state index is -4.00. The van der Waals surface area contributed by atoms with Gasteiger partial charge in [-0.1, -0.05) is 26.2 Å². The minimum absolute atomic E-state index is 0.0999. The highest BCUT2D eigenvalue weighted by Crippen LogP contribution is 2.27. The van der Waals surface area contributed by atoms with Crippen LogP contribution in [0.5, 0.6) is 5.75 Å². The van der Waals surface area contributed by atoms with Crippen molar-refractivity contribution in [1.82, 2.24) is 0 Å². The van der Waals surface area contributed by atoms with E-state index in [0.29, 0.717) is 6.61 Å². The summed E-state index contributed by atoms with van der Waals surface area (Å²) in [5, 5.41) is 0. The highest BCUT2D eigenvalue weighted by atomic mass is 35.7. The summed E-state index contributed by atoms with van der Waals surface area (Å²) in [7, 11) is 1.23. The molecule has 102 valence electrons. The molecule has 0 fully saturated rings.